The standard InChI is InChI=1S/C43H52N8O7/c1-23(2)35(49-43(55)58-5)41(53)51-31-17-15-29(19-31)37(51)39-45-21-33(47-39)27-12-8-25(9-13-27)24-6-10-26(11-7-24)32-20-44-38(46-32)36-28-14-16-30(18-28)50(36)40(52)34(22-56-3)48-42(54)57-4/h6-13,20-21,23,28-31,34-37H,14-19,22H2,1-5H3,(H,44,46)(H,45,47)(H,48,54)(H,49,55)/t28-,29-,30+,31+,34-,35-,36-,37-/m0/s1. The van der Waals surface area contributed by atoms with Gasteiger partial charge in [-0.1, -0.05) is 62.4 Å². The molecular formula is C43H52N8O7. The Morgan fingerprint density at radius 1 is 0.672 bits per heavy atom. The molecule has 2 aromatic carbocycles. The number of likely N-dealkylation sites (tertiary alicyclic amines) is 2. The molecule has 4 fully saturated rings. The van der Waals surface area contributed by atoms with E-state index >= 15 is 0 Å². The Kier molecular flexibility index (Phi) is 11.0. The maximum Gasteiger partial charge on any atom is 0.407 e. The number of hydrogen-bond acceptors (Lipinski definition) is 9. The number of imidazole rings is 2. The SMILES string of the molecule is COC[C@H](NC(=O)OC)C(=O)N1[C@@H]2CC[C@@H](C2)[C@H]1c1ncc(-c2ccc(-c3ccc(-c4cnc([C@@H]5[C@H]6CC[C@H](C6)N5C(=O)[C@@H](NC(=O)OC)C(C)C)[nH]4)cc3)cc2)[nH]1. The van der Waals surface area contributed by atoms with Crippen LogP contribution in [0.25, 0.3) is 33.6 Å². The first-order valence-corrected chi connectivity index (χ1v) is 20.2. The molecule has 2 aromatic heterocycles. The van der Waals surface area contributed by atoms with E-state index in [1.165, 1.54) is 21.3 Å². The topological polar surface area (TPSA) is 184 Å². The molecule has 58 heavy (non-hydrogen) atoms. The highest BCUT2D eigenvalue weighted by atomic mass is 16.5. The Hall–Kier alpha value is -5.70. The average molecular weight is 793 g/mol. The van der Waals surface area contributed by atoms with Crippen molar-refractivity contribution in [3.8, 4) is 33.6 Å². The van der Waals surface area contributed by atoms with Crippen LogP contribution in [0.4, 0.5) is 9.59 Å². The second-order valence-corrected chi connectivity index (χ2v) is 16.4. The predicted molar refractivity (Wildman–Crippen MR) is 214 cm³/mol. The van der Waals surface area contributed by atoms with E-state index in [0.717, 1.165) is 83.8 Å². The van der Waals surface area contributed by atoms with Gasteiger partial charge in [-0.2, -0.15) is 0 Å². The van der Waals surface area contributed by atoms with Crippen molar-refractivity contribution in [1.82, 2.24) is 40.4 Å². The average Bonchev–Trinajstić information content (AvgIpc) is 4.11. The smallest absolute Gasteiger partial charge is 0.407 e. The lowest BCUT2D eigenvalue weighted by molar-refractivity contribution is -0.140. The number of carbonyl (C=O) groups excluding carboxylic acids is 4. The van der Waals surface area contributed by atoms with E-state index in [-0.39, 0.29) is 54.4 Å². The number of ether oxygens (including phenoxy) is 3. The maximum absolute atomic E-state index is 13.9. The number of aromatic amines is 2. The highest BCUT2D eigenvalue weighted by Crippen LogP contribution is 2.51. The Bertz CT molecular complexity index is 2130. The summed E-state index contributed by atoms with van der Waals surface area (Å²) < 4.78 is 14.8. The van der Waals surface area contributed by atoms with Gasteiger partial charge in [-0.05, 0) is 78.5 Å². The molecule has 4 N–H and O–H groups in total. The van der Waals surface area contributed by atoms with Crippen molar-refractivity contribution in [2.24, 2.45) is 17.8 Å². The number of aromatic nitrogens is 4. The lowest BCUT2D eigenvalue weighted by Crippen LogP contribution is -2.54. The molecule has 2 aliphatic heterocycles. The summed E-state index contributed by atoms with van der Waals surface area (Å²) >= 11 is 0. The van der Waals surface area contributed by atoms with E-state index in [0.29, 0.717) is 5.92 Å². The highest BCUT2D eigenvalue weighted by molar-refractivity contribution is 5.88. The van der Waals surface area contributed by atoms with Gasteiger partial charge >= 0.3 is 12.2 Å². The number of nitrogens with one attached hydrogen (secondary N) is 4. The number of nitrogens with zero attached hydrogens (tertiary/aromatic N) is 4. The lowest BCUT2D eigenvalue weighted by Gasteiger charge is -2.37. The van der Waals surface area contributed by atoms with E-state index < -0.39 is 24.3 Å². The fraction of sp³-hybridized carbons (Fsp3) is 0.488. The summed E-state index contributed by atoms with van der Waals surface area (Å²) in [5, 5.41) is 5.39. The number of H-pyrrole nitrogens is 2. The summed E-state index contributed by atoms with van der Waals surface area (Å²) in [7, 11) is 4.08. The zero-order valence-corrected chi connectivity index (χ0v) is 33.6. The molecular weight excluding hydrogens is 741 g/mol. The van der Waals surface area contributed by atoms with Crippen LogP contribution in [0.3, 0.4) is 0 Å². The van der Waals surface area contributed by atoms with Crippen LogP contribution in [0.5, 0.6) is 0 Å². The predicted octanol–water partition coefficient (Wildman–Crippen LogP) is 5.99. The molecule has 15 heteroatoms. The van der Waals surface area contributed by atoms with Gasteiger partial charge in [0.05, 0.1) is 56.7 Å². The van der Waals surface area contributed by atoms with Gasteiger partial charge in [0.15, 0.2) is 0 Å². The third kappa shape index (κ3) is 7.31. The van der Waals surface area contributed by atoms with Crippen molar-refractivity contribution in [2.75, 3.05) is 27.9 Å². The normalized spacial score (nSPS) is 24.2. The molecule has 2 aliphatic carbocycles. The number of hydrogen-bond donors (Lipinski definition) is 4. The van der Waals surface area contributed by atoms with E-state index in [1.54, 1.807) is 0 Å². The molecule has 0 spiro atoms. The highest BCUT2D eigenvalue weighted by Gasteiger charge is 2.52. The molecule has 0 radical (unpaired) electrons. The quantitative estimate of drug-likeness (QED) is 0.134. The van der Waals surface area contributed by atoms with Crippen LogP contribution in [0.2, 0.25) is 0 Å². The Balaban J connectivity index is 0.949. The van der Waals surface area contributed by atoms with Crippen molar-refractivity contribution < 1.29 is 33.4 Å². The minimum absolute atomic E-state index is 0.0411. The summed E-state index contributed by atoms with van der Waals surface area (Å²) in [6.07, 6.45) is 8.12. The van der Waals surface area contributed by atoms with Gasteiger partial charge in [-0.15, -0.1) is 0 Å². The molecule has 2 saturated carbocycles. The molecule has 8 rings (SSSR count). The van der Waals surface area contributed by atoms with Crippen LogP contribution in [-0.4, -0.2) is 106 Å². The molecule has 4 aromatic rings. The second-order valence-electron chi connectivity index (χ2n) is 16.4. The van der Waals surface area contributed by atoms with Gasteiger partial charge in [-0.3, -0.25) is 9.59 Å². The molecule has 15 nitrogen and oxygen atoms in total. The molecule has 2 saturated heterocycles. The molecule has 4 aliphatic rings. The minimum atomic E-state index is -0.857. The van der Waals surface area contributed by atoms with Crippen molar-refractivity contribution in [2.45, 2.75) is 88.6 Å². The van der Waals surface area contributed by atoms with Gasteiger partial charge in [-0.25, -0.2) is 19.6 Å². The summed E-state index contributed by atoms with van der Waals surface area (Å²) in [5.41, 5.74) is 5.82. The van der Waals surface area contributed by atoms with Gasteiger partial charge < -0.3 is 44.6 Å². The molecule has 8 atom stereocenters. The first-order valence-electron chi connectivity index (χ1n) is 20.2. The Labute approximate surface area is 337 Å². The molecule has 0 unspecified atom stereocenters. The first-order chi connectivity index (χ1) is 28.1. The van der Waals surface area contributed by atoms with Gasteiger partial charge in [0.1, 0.15) is 23.7 Å². The van der Waals surface area contributed by atoms with Crippen molar-refractivity contribution >= 4 is 24.0 Å². The number of rotatable bonds is 12. The van der Waals surface area contributed by atoms with E-state index in [4.69, 9.17) is 24.2 Å². The first kappa shape index (κ1) is 39.1. The van der Waals surface area contributed by atoms with E-state index in [1.807, 2.05) is 36.0 Å². The van der Waals surface area contributed by atoms with Crippen LogP contribution in [-0.2, 0) is 23.8 Å². The van der Waals surface area contributed by atoms with Crippen molar-refractivity contribution in [1.29, 1.82) is 0 Å². The largest absolute Gasteiger partial charge is 0.453 e. The number of methoxy groups -OCH3 is 3. The van der Waals surface area contributed by atoms with Crippen LogP contribution in [0.1, 0.15) is 76.1 Å². The van der Waals surface area contributed by atoms with Crippen molar-refractivity contribution in [3.05, 3.63) is 72.6 Å². The summed E-state index contributed by atoms with van der Waals surface area (Å²) in [4.78, 5) is 72.3. The Morgan fingerprint density at radius 2 is 1.12 bits per heavy atom. The van der Waals surface area contributed by atoms with Crippen LogP contribution >= 0.6 is 0 Å². The van der Waals surface area contributed by atoms with Crippen LogP contribution in [0.15, 0.2) is 60.9 Å². The van der Waals surface area contributed by atoms with Gasteiger partial charge in [0.25, 0.3) is 0 Å². The monoisotopic (exact) mass is 792 g/mol. The third-order valence-corrected chi connectivity index (χ3v) is 12.7. The van der Waals surface area contributed by atoms with Crippen LogP contribution < -0.4 is 10.6 Å². The zero-order valence-electron chi connectivity index (χ0n) is 33.6. The number of carbonyl (C=O) groups is 4. The number of fused-ring (bicyclic) bond motifs is 4. The van der Waals surface area contributed by atoms with E-state index in [9.17, 15) is 19.2 Å². The number of amides is 4. The fourth-order valence-corrected chi connectivity index (χ4v) is 9.85. The number of benzene rings is 2. The third-order valence-electron chi connectivity index (χ3n) is 12.7. The van der Waals surface area contributed by atoms with Gasteiger partial charge in [0.2, 0.25) is 11.8 Å². The Morgan fingerprint density at radius 3 is 1.57 bits per heavy atom. The molecule has 306 valence electrons. The van der Waals surface area contributed by atoms with Gasteiger partial charge in [0, 0.05) is 19.2 Å². The summed E-state index contributed by atoms with van der Waals surface area (Å²) in [6.45, 7) is 3.89. The zero-order chi connectivity index (χ0) is 40.7. The molecule has 4 heterocycles. The van der Waals surface area contributed by atoms with Crippen molar-refractivity contribution in [3.63, 3.8) is 0 Å². The fourth-order valence-electron chi connectivity index (χ4n) is 9.85. The number of piperidine rings is 2. The second kappa shape index (κ2) is 16.3. The summed E-state index contributed by atoms with van der Waals surface area (Å²) in [5.74, 6) is 1.70. The minimum Gasteiger partial charge on any atom is -0.453 e. The lowest BCUT2D eigenvalue weighted by atomic mass is 9.95. The number of alkyl carbamates (subject to hydrolysis) is 2. The maximum atomic E-state index is 13.9. The van der Waals surface area contributed by atoms with E-state index in [2.05, 4.69) is 69.1 Å². The summed E-state index contributed by atoms with van der Waals surface area (Å²) in [6, 6.07) is 14.9. The molecule has 4 bridgehead atoms. The van der Waals surface area contributed by atoms with Crippen LogP contribution in [0, 0.1) is 17.8 Å². The molecule has 4 amide bonds.